The van der Waals surface area contributed by atoms with Crippen molar-refractivity contribution in [2.45, 2.75) is 17.2 Å². The molecule has 166 valence electrons. The van der Waals surface area contributed by atoms with Crippen LogP contribution in [0.3, 0.4) is 0 Å². The first-order chi connectivity index (χ1) is 15.6. The standard InChI is InChI=1S/C23H22N2O5S2/c1-28-18-4-2-3-15(9-18)7-8-24-22(27)11-17-12-31-23(25-17)32-13-19(26)16-5-6-20-21(10-16)30-14-29-20/h2-6,9-10,12H,7-8,11,13-14H2,1H3,(H,24,27). The lowest BCUT2D eigenvalue weighted by Crippen LogP contribution is -2.27. The van der Waals surface area contributed by atoms with Gasteiger partial charge in [0.1, 0.15) is 5.75 Å². The summed E-state index contributed by atoms with van der Waals surface area (Å²) in [5.74, 6) is 2.22. The maximum absolute atomic E-state index is 12.5. The van der Waals surface area contributed by atoms with Crippen molar-refractivity contribution in [1.29, 1.82) is 0 Å². The van der Waals surface area contributed by atoms with Crippen molar-refractivity contribution in [3.8, 4) is 17.2 Å². The van der Waals surface area contributed by atoms with Gasteiger partial charge in [0.25, 0.3) is 0 Å². The van der Waals surface area contributed by atoms with Crippen LogP contribution in [0.1, 0.15) is 21.6 Å². The molecular weight excluding hydrogens is 448 g/mol. The second-order valence-corrected chi connectivity index (χ2v) is 9.09. The summed E-state index contributed by atoms with van der Waals surface area (Å²) in [4.78, 5) is 29.2. The van der Waals surface area contributed by atoms with Gasteiger partial charge in [-0.05, 0) is 42.3 Å². The fourth-order valence-electron chi connectivity index (χ4n) is 3.12. The number of ether oxygens (including phenoxy) is 3. The molecule has 1 aromatic heterocycles. The number of nitrogens with one attached hydrogen (secondary N) is 1. The summed E-state index contributed by atoms with van der Waals surface area (Å²) < 4.78 is 16.6. The molecule has 1 amide bonds. The molecule has 0 saturated heterocycles. The summed E-state index contributed by atoms with van der Waals surface area (Å²) in [5.41, 5.74) is 2.38. The highest BCUT2D eigenvalue weighted by Crippen LogP contribution is 2.33. The van der Waals surface area contributed by atoms with Crippen molar-refractivity contribution in [3.63, 3.8) is 0 Å². The average molecular weight is 471 g/mol. The summed E-state index contributed by atoms with van der Waals surface area (Å²) in [5, 5.41) is 4.78. The second kappa shape index (κ2) is 10.5. The molecule has 0 spiro atoms. The molecule has 0 saturated carbocycles. The maximum atomic E-state index is 12.5. The van der Waals surface area contributed by atoms with Gasteiger partial charge in [-0.1, -0.05) is 23.9 Å². The van der Waals surface area contributed by atoms with E-state index in [1.165, 1.54) is 23.1 Å². The van der Waals surface area contributed by atoms with Gasteiger partial charge in [0, 0.05) is 17.5 Å². The molecule has 32 heavy (non-hydrogen) atoms. The van der Waals surface area contributed by atoms with Crippen LogP contribution in [0.25, 0.3) is 0 Å². The van der Waals surface area contributed by atoms with E-state index in [2.05, 4.69) is 10.3 Å². The van der Waals surface area contributed by atoms with Crippen LogP contribution >= 0.6 is 23.1 Å². The van der Waals surface area contributed by atoms with E-state index >= 15 is 0 Å². The molecule has 3 aromatic rings. The smallest absolute Gasteiger partial charge is 0.231 e. The fraction of sp³-hybridized carbons (Fsp3) is 0.261. The highest BCUT2D eigenvalue weighted by Gasteiger charge is 2.17. The minimum atomic E-state index is -0.0776. The fourth-order valence-corrected chi connectivity index (χ4v) is 4.86. The minimum absolute atomic E-state index is 0.0136. The number of amides is 1. The third-order valence-corrected chi connectivity index (χ3v) is 6.83. The Labute approximate surface area is 194 Å². The number of Topliss-reactive ketones (excluding diaryl/α,β-unsaturated/α-hetero) is 1. The van der Waals surface area contributed by atoms with Crippen LogP contribution in [0.15, 0.2) is 52.2 Å². The van der Waals surface area contributed by atoms with Gasteiger partial charge >= 0.3 is 0 Å². The number of thioether (sulfide) groups is 1. The van der Waals surface area contributed by atoms with Crippen molar-refractivity contribution in [2.75, 3.05) is 26.2 Å². The molecule has 1 N–H and O–H groups in total. The largest absolute Gasteiger partial charge is 0.497 e. The number of rotatable bonds is 10. The van der Waals surface area contributed by atoms with Crippen LogP contribution < -0.4 is 19.5 Å². The molecule has 0 fully saturated rings. The Morgan fingerprint density at radius 3 is 2.94 bits per heavy atom. The minimum Gasteiger partial charge on any atom is -0.497 e. The zero-order valence-electron chi connectivity index (χ0n) is 17.5. The summed E-state index contributed by atoms with van der Waals surface area (Å²) in [6.07, 6.45) is 0.939. The summed E-state index contributed by atoms with van der Waals surface area (Å²) in [7, 11) is 1.63. The van der Waals surface area contributed by atoms with E-state index in [-0.39, 0.29) is 30.7 Å². The van der Waals surface area contributed by atoms with Gasteiger partial charge in [0.05, 0.1) is 25.0 Å². The molecule has 2 heterocycles. The van der Waals surface area contributed by atoms with E-state index in [1.54, 1.807) is 25.3 Å². The van der Waals surface area contributed by atoms with Gasteiger partial charge in [-0.15, -0.1) is 11.3 Å². The summed E-state index contributed by atoms with van der Waals surface area (Å²) >= 11 is 2.80. The van der Waals surface area contributed by atoms with E-state index in [4.69, 9.17) is 14.2 Å². The zero-order valence-corrected chi connectivity index (χ0v) is 19.1. The van der Waals surface area contributed by atoms with E-state index in [0.29, 0.717) is 29.3 Å². The monoisotopic (exact) mass is 470 g/mol. The van der Waals surface area contributed by atoms with E-state index in [9.17, 15) is 9.59 Å². The molecule has 0 aliphatic carbocycles. The van der Waals surface area contributed by atoms with Crippen molar-refractivity contribution in [2.24, 2.45) is 0 Å². The van der Waals surface area contributed by atoms with Crippen LogP contribution in [0.2, 0.25) is 0 Å². The van der Waals surface area contributed by atoms with Gasteiger partial charge in [0.2, 0.25) is 12.7 Å². The van der Waals surface area contributed by atoms with Crippen molar-refractivity contribution in [3.05, 3.63) is 64.7 Å². The van der Waals surface area contributed by atoms with Crippen LogP contribution in [0.5, 0.6) is 17.2 Å². The number of benzene rings is 2. The summed E-state index contributed by atoms with van der Waals surface area (Å²) in [6, 6.07) is 13.0. The Hall–Kier alpha value is -3.04. The van der Waals surface area contributed by atoms with Crippen molar-refractivity contribution < 1.29 is 23.8 Å². The van der Waals surface area contributed by atoms with Crippen LogP contribution in [0, 0.1) is 0 Å². The Kier molecular flexibility index (Phi) is 7.28. The molecule has 9 heteroatoms. The Morgan fingerprint density at radius 1 is 1.19 bits per heavy atom. The SMILES string of the molecule is COc1cccc(CCNC(=O)Cc2csc(SCC(=O)c3ccc4c(c3)OCO4)n2)c1. The quantitative estimate of drug-likeness (QED) is 0.357. The zero-order chi connectivity index (χ0) is 22.3. The van der Waals surface area contributed by atoms with Crippen LogP contribution in [0.4, 0.5) is 0 Å². The van der Waals surface area contributed by atoms with Crippen molar-refractivity contribution >= 4 is 34.8 Å². The number of hydrogen-bond donors (Lipinski definition) is 1. The van der Waals surface area contributed by atoms with Crippen molar-refractivity contribution in [1.82, 2.24) is 10.3 Å². The van der Waals surface area contributed by atoms with Crippen LogP contribution in [-0.4, -0.2) is 42.9 Å². The molecule has 2 aromatic carbocycles. The number of aromatic nitrogens is 1. The number of methoxy groups -OCH3 is 1. The molecule has 7 nitrogen and oxygen atoms in total. The summed E-state index contributed by atoms with van der Waals surface area (Å²) in [6.45, 7) is 0.722. The number of fused-ring (bicyclic) bond motifs is 1. The van der Waals surface area contributed by atoms with Gasteiger partial charge in [-0.25, -0.2) is 4.98 Å². The van der Waals surface area contributed by atoms with Gasteiger partial charge in [0.15, 0.2) is 21.6 Å². The Morgan fingerprint density at radius 2 is 2.06 bits per heavy atom. The number of carbonyl (C=O) groups excluding carboxylic acids is 2. The van der Waals surface area contributed by atoms with Gasteiger partial charge in [-0.3, -0.25) is 9.59 Å². The number of hydrogen-bond acceptors (Lipinski definition) is 8. The van der Waals surface area contributed by atoms with Crippen LogP contribution in [-0.2, 0) is 17.6 Å². The predicted octanol–water partition coefficient (Wildman–Crippen LogP) is 3.76. The molecule has 0 bridgehead atoms. The lowest BCUT2D eigenvalue weighted by molar-refractivity contribution is -0.120. The third-order valence-electron chi connectivity index (χ3n) is 4.76. The normalized spacial score (nSPS) is 11.9. The maximum Gasteiger partial charge on any atom is 0.231 e. The average Bonchev–Trinajstić information content (AvgIpc) is 3.46. The lowest BCUT2D eigenvalue weighted by atomic mass is 10.1. The highest BCUT2D eigenvalue weighted by molar-refractivity contribution is 8.01. The molecular formula is C23H22N2O5S2. The molecule has 1 aliphatic heterocycles. The van der Waals surface area contributed by atoms with E-state index < -0.39 is 0 Å². The number of ketones is 1. The Bertz CT molecular complexity index is 1120. The molecule has 0 unspecified atom stereocenters. The first-order valence-corrected chi connectivity index (χ1v) is 11.9. The molecule has 4 rings (SSSR count). The number of nitrogens with zero attached hydrogens (tertiary/aromatic N) is 1. The third kappa shape index (κ3) is 5.80. The lowest BCUT2D eigenvalue weighted by Gasteiger charge is -2.06. The predicted molar refractivity (Wildman–Crippen MR) is 123 cm³/mol. The second-order valence-electron chi connectivity index (χ2n) is 7.01. The van der Waals surface area contributed by atoms with Gasteiger partial charge < -0.3 is 19.5 Å². The molecule has 0 radical (unpaired) electrons. The number of thiazole rings is 1. The highest BCUT2D eigenvalue weighted by atomic mass is 32.2. The number of carbonyl (C=O) groups is 2. The topological polar surface area (TPSA) is 86.8 Å². The van der Waals surface area contributed by atoms with E-state index in [1.807, 2.05) is 29.6 Å². The Balaban J connectivity index is 1.21. The first-order valence-electron chi connectivity index (χ1n) is 10.0. The molecule has 0 atom stereocenters. The first kappa shape index (κ1) is 22.2. The molecule has 1 aliphatic rings. The van der Waals surface area contributed by atoms with Gasteiger partial charge in [-0.2, -0.15) is 0 Å². The van der Waals surface area contributed by atoms with E-state index in [0.717, 1.165) is 22.1 Å².